The largest absolute Gasteiger partial charge is 0.508 e. The first-order chi connectivity index (χ1) is 15.4. The van der Waals surface area contributed by atoms with Gasteiger partial charge in [-0.2, -0.15) is 0 Å². The van der Waals surface area contributed by atoms with Crippen molar-refractivity contribution in [2.24, 2.45) is 0 Å². The SMILES string of the molecule is O=C(NCc1ccco1)c1cc(-c2c(O)cc(O)cc2Oc2ccc([N+](=O)[O-])cc2)on1. The standard InChI is InChI=1S/C21H15N3O8/c25-13-8-17(26)20(18(9-13)31-14-5-3-12(4-6-14)24(28)29)19-10-16(23-32-19)21(27)22-11-15-2-1-7-30-15/h1-10,25-26H,11H2,(H,22,27). The van der Waals surface area contributed by atoms with Gasteiger partial charge in [0.05, 0.1) is 17.7 Å². The van der Waals surface area contributed by atoms with Gasteiger partial charge in [0, 0.05) is 30.3 Å². The summed E-state index contributed by atoms with van der Waals surface area (Å²) in [7, 11) is 0. The minimum Gasteiger partial charge on any atom is -0.508 e. The van der Waals surface area contributed by atoms with Crippen LogP contribution in [0.15, 0.2) is 69.8 Å². The van der Waals surface area contributed by atoms with Gasteiger partial charge in [-0.1, -0.05) is 5.16 Å². The van der Waals surface area contributed by atoms with Gasteiger partial charge < -0.3 is 29.2 Å². The Labute approximate surface area is 179 Å². The van der Waals surface area contributed by atoms with E-state index in [1.165, 1.54) is 42.7 Å². The summed E-state index contributed by atoms with van der Waals surface area (Å²) in [6.45, 7) is 0.146. The number of aromatic hydroxyl groups is 2. The third kappa shape index (κ3) is 4.36. The first-order valence-electron chi connectivity index (χ1n) is 9.16. The molecule has 0 spiro atoms. The molecule has 11 heteroatoms. The van der Waals surface area contributed by atoms with Crippen LogP contribution in [0.5, 0.6) is 23.0 Å². The van der Waals surface area contributed by atoms with Crippen LogP contribution >= 0.6 is 0 Å². The lowest BCUT2D eigenvalue weighted by Crippen LogP contribution is -2.22. The number of nitrogens with one attached hydrogen (secondary N) is 1. The highest BCUT2D eigenvalue weighted by Gasteiger charge is 2.22. The van der Waals surface area contributed by atoms with Crippen molar-refractivity contribution < 1.29 is 33.6 Å². The van der Waals surface area contributed by atoms with Crippen LogP contribution in [0.2, 0.25) is 0 Å². The van der Waals surface area contributed by atoms with E-state index >= 15 is 0 Å². The molecule has 3 N–H and O–H groups in total. The number of benzene rings is 2. The number of amides is 1. The molecule has 0 saturated carbocycles. The van der Waals surface area contributed by atoms with E-state index in [0.29, 0.717) is 5.76 Å². The number of nitro groups is 1. The number of rotatable bonds is 7. The molecule has 0 unspecified atom stereocenters. The van der Waals surface area contributed by atoms with Crippen LogP contribution in [0.25, 0.3) is 11.3 Å². The van der Waals surface area contributed by atoms with Gasteiger partial charge in [0.1, 0.15) is 34.3 Å². The predicted molar refractivity (Wildman–Crippen MR) is 108 cm³/mol. The normalized spacial score (nSPS) is 10.6. The molecule has 0 bridgehead atoms. The number of non-ortho nitro benzene ring substituents is 1. The molecule has 0 radical (unpaired) electrons. The maximum absolute atomic E-state index is 12.3. The van der Waals surface area contributed by atoms with Crippen LogP contribution in [0, 0.1) is 10.1 Å². The lowest BCUT2D eigenvalue weighted by atomic mass is 10.1. The van der Waals surface area contributed by atoms with Crippen molar-refractivity contribution >= 4 is 11.6 Å². The number of phenols is 2. The highest BCUT2D eigenvalue weighted by atomic mass is 16.6. The van der Waals surface area contributed by atoms with Crippen molar-refractivity contribution in [2.75, 3.05) is 0 Å². The molecule has 4 aromatic rings. The van der Waals surface area contributed by atoms with Crippen LogP contribution in [-0.4, -0.2) is 26.2 Å². The number of nitro benzene ring substituents is 1. The van der Waals surface area contributed by atoms with Crippen LogP contribution in [-0.2, 0) is 6.54 Å². The number of carbonyl (C=O) groups excluding carboxylic acids is 1. The minimum absolute atomic E-state index is 0.00237. The van der Waals surface area contributed by atoms with E-state index in [0.717, 1.165) is 6.07 Å². The van der Waals surface area contributed by atoms with Crippen molar-refractivity contribution in [2.45, 2.75) is 6.54 Å². The monoisotopic (exact) mass is 437 g/mol. The fourth-order valence-corrected chi connectivity index (χ4v) is 2.85. The van der Waals surface area contributed by atoms with Crippen LogP contribution in [0.1, 0.15) is 16.2 Å². The fourth-order valence-electron chi connectivity index (χ4n) is 2.85. The lowest BCUT2D eigenvalue weighted by Gasteiger charge is -2.11. The van der Waals surface area contributed by atoms with Gasteiger partial charge in [-0.05, 0) is 24.3 Å². The summed E-state index contributed by atoms with van der Waals surface area (Å²) in [5.41, 5.74) is -0.157. The summed E-state index contributed by atoms with van der Waals surface area (Å²) in [5, 5.41) is 37.4. The predicted octanol–water partition coefficient (Wildman–Crippen LogP) is 3.98. The van der Waals surface area contributed by atoms with Crippen molar-refractivity contribution in [3.8, 4) is 34.3 Å². The van der Waals surface area contributed by atoms with Gasteiger partial charge in [-0.15, -0.1) is 0 Å². The number of furan rings is 1. The number of nitrogens with zero attached hydrogens (tertiary/aromatic N) is 2. The second-order valence-corrected chi connectivity index (χ2v) is 6.53. The van der Waals surface area contributed by atoms with Crippen molar-refractivity contribution in [1.29, 1.82) is 0 Å². The number of ether oxygens (including phenoxy) is 1. The Bertz CT molecular complexity index is 1260. The molecule has 162 valence electrons. The van der Waals surface area contributed by atoms with Gasteiger partial charge in [-0.25, -0.2) is 0 Å². The fraction of sp³-hybridized carbons (Fsp3) is 0.0476. The molecule has 0 aliphatic rings. The van der Waals surface area contributed by atoms with Crippen LogP contribution < -0.4 is 10.1 Å². The Kier molecular flexibility index (Phi) is 5.45. The Balaban J connectivity index is 1.59. The molecule has 2 heterocycles. The van der Waals surface area contributed by atoms with Gasteiger partial charge in [0.15, 0.2) is 11.5 Å². The summed E-state index contributed by atoms with van der Waals surface area (Å²) in [6.07, 6.45) is 1.48. The number of hydrogen-bond acceptors (Lipinski definition) is 9. The van der Waals surface area contributed by atoms with E-state index in [1.54, 1.807) is 12.1 Å². The maximum atomic E-state index is 12.3. The molecule has 0 saturated heterocycles. The van der Waals surface area contributed by atoms with Crippen molar-refractivity contribution in [3.05, 3.63) is 82.4 Å². The smallest absolute Gasteiger partial charge is 0.273 e. The highest BCUT2D eigenvalue weighted by Crippen LogP contribution is 2.43. The van der Waals surface area contributed by atoms with Gasteiger partial charge in [0.2, 0.25) is 0 Å². The molecule has 2 aromatic carbocycles. The second kappa shape index (κ2) is 8.52. The zero-order valence-electron chi connectivity index (χ0n) is 16.2. The first-order valence-corrected chi connectivity index (χ1v) is 9.16. The van der Waals surface area contributed by atoms with Crippen LogP contribution in [0.4, 0.5) is 5.69 Å². The van der Waals surface area contributed by atoms with Gasteiger partial charge in [-0.3, -0.25) is 14.9 Å². The third-order valence-electron chi connectivity index (χ3n) is 4.33. The summed E-state index contributed by atoms with van der Waals surface area (Å²) >= 11 is 0. The van der Waals surface area contributed by atoms with Crippen molar-refractivity contribution in [1.82, 2.24) is 10.5 Å². The summed E-state index contributed by atoms with van der Waals surface area (Å²) in [4.78, 5) is 22.6. The lowest BCUT2D eigenvalue weighted by molar-refractivity contribution is -0.384. The number of hydrogen-bond donors (Lipinski definition) is 3. The van der Waals surface area contributed by atoms with Crippen molar-refractivity contribution in [3.63, 3.8) is 0 Å². The van der Waals surface area contributed by atoms with Gasteiger partial charge in [0.25, 0.3) is 11.6 Å². The molecular weight excluding hydrogens is 422 g/mol. The minimum atomic E-state index is -0.553. The molecule has 0 atom stereocenters. The molecular formula is C21H15N3O8. The topological polar surface area (TPSA) is 161 Å². The number of phenolic OH excluding ortho intramolecular Hbond substituents is 2. The van der Waals surface area contributed by atoms with Gasteiger partial charge >= 0.3 is 0 Å². The maximum Gasteiger partial charge on any atom is 0.273 e. The Morgan fingerprint density at radius 2 is 1.94 bits per heavy atom. The zero-order valence-corrected chi connectivity index (χ0v) is 16.2. The first kappa shape index (κ1) is 20.5. The summed E-state index contributed by atoms with van der Waals surface area (Å²) in [6, 6.07) is 12.2. The Morgan fingerprint density at radius 1 is 1.16 bits per heavy atom. The molecule has 4 rings (SSSR count). The number of aromatic nitrogens is 1. The summed E-state index contributed by atoms with van der Waals surface area (Å²) < 4.78 is 16.0. The molecule has 0 aliphatic heterocycles. The molecule has 32 heavy (non-hydrogen) atoms. The van der Waals surface area contributed by atoms with E-state index < -0.39 is 10.8 Å². The van der Waals surface area contributed by atoms with E-state index in [9.17, 15) is 25.1 Å². The zero-order chi connectivity index (χ0) is 22.7. The van der Waals surface area contributed by atoms with Crippen LogP contribution in [0.3, 0.4) is 0 Å². The highest BCUT2D eigenvalue weighted by molar-refractivity contribution is 5.93. The summed E-state index contributed by atoms with van der Waals surface area (Å²) in [5.74, 6) is -0.473. The Morgan fingerprint density at radius 3 is 2.62 bits per heavy atom. The third-order valence-corrected chi connectivity index (χ3v) is 4.33. The quantitative estimate of drug-likeness (QED) is 0.287. The average molecular weight is 437 g/mol. The molecule has 0 aliphatic carbocycles. The molecule has 2 aromatic heterocycles. The van der Waals surface area contributed by atoms with E-state index in [-0.39, 0.29) is 52.2 Å². The molecule has 1 amide bonds. The average Bonchev–Trinajstić information content (AvgIpc) is 3.44. The van der Waals surface area contributed by atoms with E-state index in [2.05, 4.69) is 10.5 Å². The number of carbonyl (C=O) groups is 1. The van der Waals surface area contributed by atoms with E-state index in [4.69, 9.17) is 13.7 Å². The Hall–Kier alpha value is -4.80. The van der Waals surface area contributed by atoms with E-state index in [1.807, 2.05) is 0 Å². The molecule has 11 nitrogen and oxygen atoms in total. The molecule has 0 fully saturated rings. The second-order valence-electron chi connectivity index (χ2n) is 6.53.